The molecular weight excluding hydrogens is 492 g/mol. The number of hydrogen-bond donors (Lipinski definition) is 1. The SMILES string of the molecule is CC(C)(C)OC(=O)N1C(=O)[C@@]2(c3ccccc31)[C@@H](O)C[C@@H](c1ccccc1)[C@H]([N+](=O)[O-])[C@@H]2c1cccs1. The fourth-order valence-electron chi connectivity index (χ4n) is 5.98. The molecule has 1 aromatic heterocycles. The number of para-hydroxylation sites is 1. The van der Waals surface area contributed by atoms with Crippen molar-refractivity contribution in [1.29, 1.82) is 0 Å². The quantitative estimate of drug-likeness (QED) is 0.373. The van der Waals surface area contributed by atoms with E-state index in [-0.39, 0.29) is 17.0 Å². The summed E-state index contributed by atoms with van der Waals surface area (Å²) in [5.74, 6) is -2.36. The highest BCUT2D eigenvalue weighted by atomic mass is 32.1. The first-order valence-electron chi connectivity index (χ1n) is 12.1. The van der Waals surface area contributed by atoms with Gasteiger partial charge in [-0.25, -0.2) is 9.69 Å². The highest BCUT2D eigenvalue weighted by Gasteiger charge is 2.70. The number of fused-ring (bicyclic) bond motifs is 2. The predicted molar refractivity (Wildman–Crippen MR) is 139 cm³/mol. The molecule has 2 aromatic carbocycles. The largest absolute Gasteiger partial charge is 0.443 e. The number of anilines is 1. The van der Waals surface area contributed by atoms with Crippen LogP contribution in [0.5, 0.6) is 0 Å². The number of benzene rings is 2. The van der Waals surface area contributed by atoms with Gasteiger partial charge < -0.3 is 9.84 Å². The Labute approximate surface area is 218 Å². The van der Waals surface area contributed by atoms with Crippen LogP contribution in [-0.4, -0.2) is 39.8 Å². The summed E-state index contributed by atoms with van der Waals surface area (Å²) < 4.78 is 5.56. The highest BCUT2D eigenvalue weighted by molar-refractivity contribution is 7.10. The van der Waals surface area contributed by atoms with Gasteiger partial charge in [0, 0.05) is 9.80 Å². The second-order valence-electron chi connectivity index (χ2n) is 10.5. The summed E-state index contributed by atoms with van der Waals surface area (Å²) in [4.78, 5) is 41.8. The number of imide groups is 1. The molecule has 0 radical (unpaired) electrons. The van der Waals surface area contributed by atoms with Crippen molar-refractivity contribution >= 4 is 29.0 Å². The molecule has 37 heavy (non-hydrogen) atoms. The molecule has 1 N–H and O–H groups in total. The number of nitro groups is 1. The van der Waals surface area contributed by atoms with Crippen LogP contribution >= 0.6 is 11.3 Å². The third-order valence-electron chi connectivity index (χ3n) is 7.29. The lowest BCUT2D eigenvalue weighted by atomic mass is 9.55. The third-order valence-corrected chi connectivity index (χ3v) is 8.25. The average molecular weight is 521 g/mol. The number of thiophene rings is 1. The first-order chi connectivity index (χ1) is 17.6. The maximum Gasteiger partial charge on any atom is 0.421 e. The minimum absolute atomic E-state index is 0.0141. The topological polar surface area (TPSA) is 110 Å². The molecule has 2 amide bonds. The van der Waals surface area contributed by atoms with E-state index in [1.807, 2.05) is 30.3 Å². The maximum atomic E-state index is 14.4. The molecule has 1 saturated carbocycles. The molecule has 3 aromatic rings. The molecule has 1 aliphatic heterocycles. The number of amides is 2. The minimum atomic E-state index is -1.73. The number of ether oxygens (including phenoxy) is 1. The summed E-state index contributed by atoms with van der Waals surface area (Å²) >= 11 is 1.30. The second-order valence-corrected chi connectivity index (χ2v) is 11.5. The first-order valence-corrected chi connectivity index (χ1v) is 13.0. The van der Waals surface area contributed by atoms with Crippen molar-refractivity contribution in [3.05, 3.63) is 98.2 Å². The van der Waals surface area contributed by atoms with Crippen LogP contribution in [0.3, 0.4) is 0 Å². The summed E-state index contributed by atoms with van der Waals surface area (Å²) in [6, 6.07) is 18.1. The van der Waals surface area contributed by atoms with Gasteiger partial charge in [0.15, 0.2) is 0 Å². The molecule has 2 aliphatic rings. The number of aliphatic hydroxyl groups excluding tert-OH is 1. The lowest BCUT2D eigenvalue weighted by Gasteiger charge is -2.47. The van der Waals surface area contributed by atoms with E-state index < -0.39 is 47.0 Å². The van der Waals surface area contributed by atoms with Gasteiger partial charge in [-0.1, -0.05) is 54.6 Å². The summed E-state index contributed by atoms with van der Waals surface area (Å²) in [5, 5.41) is 26.5. The van der Waals surface area contributed by atoms with E-state index in [9.17, 15) is 24.8 Å². The van der Waals surface area contributed by atoms with Crippen LogP contribution in [0.4, 0.5) is 10.5 Å². The van der Waals surface area contributed by atoms with Crippen molar-refractivity contribution in [3.63, 3.8) is 0 Å². The Hall–Kier alpha value is -3.56. The molecule has 2 heterocycles. The van der Waals surface area contributed by atoms with Gasteiger partial charge in [0.2, 0.25) is 6.04 Å². The molecule has 0 bridgehead atoms. The van der Waals surface area contributed by atoms with E-state index >= 15 is 0 Å². The van der Waals surface area contributed by atoms with Gasteiger partial charge in [0.25, 0.3) is 5.91 Å². The lowest BCUT2D eigenvalue weighted by molar-refractivity contribution is -0.537. The Balaban J connectivity index is 1.75. The molecule has 8 nitrogen and oxygen atoms in total. The van der Waals surface area contributed by atoms with Crippen molar-refractivity contribution in [2.24, 2.45) is 0 Å². The number of carbonyl (C=O) groups excluding carboxylic acids is 2. The van der Waals surface area contributed by atoms with Gasteiger partial charge in [-0.15, -0.1) is 11.3 Å². The van der Waals surface area contributed by atoms with Crippen LogP contribution in [0, 0.1) is 10.1 Å². The standard InChI is InChI=1S/C28H28N2O6S/c1-27(2,3)36-26(33)29-20-13-8-7-12-19(20)28(25(29)32)22(31)16-18(17-10-5-4-6-11-17)24(30(34)35)23(28)21-14-9-15-37-21/h4-15,18,22-24,31H,16H2,1-3H3/t18-,22-,23-,24-,28-/m0/s1. The van der Waals surface area contributed by atoms with Gasteiger partial charge in [0.05, 0.1) is 23.6 Å². The van der Waals surface area contributed by atoms with Crippen molar-refractivity contribution in [3.8, 4) is 0 Å². The Morgan fingerprint density at radius 3 is 2.41 bits per heavy atom. The summed E-state index contributed by atoms with van der Waals surface area (Å²) in [6.45, 7) is 5.10. The molecule has 0 unspecified atom stereocenters. The smallest absolute Gasteiger partial charge is 0.421 e. The van der Waals surface area contributed by atoms with Crippen molar-refractivity contribution in [1.82, 2.24) is 0 Å². The zero-order valence-corrected chi connectivity index (χ0v) is 21.6. The van der Waals surface area contributed by atoms with Crippen molar-refractivity contribution in [2.45, 2.75) is 62.2 Å². The number of carbonyl (C=O) groups is 2. The number of nitrogens with zero attached hydrogens (tertiary/aromatic N) is 2. The molecule has 1 aliphatic carbocycles. The van der Waals surface area contributed by atoms with Gasteiger partial charge >= 0.3 is 6.09 Å². The summed E-state index contributed by atoms with van der Waals surface area (Å²) in [6.07, 6.45) is -2.18. The fourth-order valence-corrected chi connectivity index (χ4v) is 6.92. The molecule has 1 fully saturated rings. The van der Waals surface area contributed by atoms with Gasteiger partial charge in [0.1, 0.15) is 11.0 Å². The molecule has 0 saturated heterocycles. The minimum Gasteiger partial charge on any atom is -0.443 e. The zero-order chi connectivity index (χ0) is 26.5. The Morgan fingerprint density at radius 2 is 1.78 bits per heavy atom. The van der Waals surface area contributed by atoms with Gasteiger partial charge in [-0.3, -0.25) is 14.9 Å². The summed E-state index contributed by atoms with van der Waals surface area (Å²) in [5.41, 5.74) is -1.20. The van der Waals surface area contributed by atoms with Crippen LogP contribution in [-0.2, 0) is 14.9 Å². The molecule has 9 heteroatoms. The van der Waals surface area contributed by atoms with Crippen LogP contribution < -0.4 is 4.90 Å². The second kappa shape index (κ2) is 9.08. The van der Waals surface area contributed by atoms with E-state index in [1.165, 1.54) is 11.3 Å². The lowest BCUT2D eigenvalue weighted by Crippen LogP contribution is -2.62. The van der Waals surface area contributed by atoms with Crippen molar-refractivity contribution in [2.75, 3.05) is 4.90 Å². The summed E-state index contributed by atoms with van der Waals surface area (Å²) in [7, 11) is 0. The zero-order valence-electron chi connectivity index (χ0n) is 20.7. The van der Waals surface area contributed by atoms with E-state index in [0.717, 1.165) is 10.5 Å². The van der Waals surface area contributed by atoms with E-state index in [0.29, 0.717) is 10.4 Å². The van der Waals surface area contributed by atoms with E-state index in [4.69, 9.17) is 4.74 Å². The number of rotatable bonds is 3. The maximum absolute atomic E-state index is 14.4. The molecule has 192 valence electrons. The number of hydrogen-bond acceptors (Lipinski definition) is 7. The van der Waals surface area contributed by atoms with Gasteiger partial charge in [-0.2, -0.15) is 0 Å². The number of aliphatic hydroxyl groups is 1. The van der Waals surface area contributed by atoms with Crippen LogP contribution in [0.15, 0.2) is 72.1 Å². The molecule has 1 spiro atoms. The van der Waals surface area contributed by atoms with Crippen molar-refractivity contribution < 1.29 is 24.4 Å². The Kier molecular flexibility index (Phi) is 6.16. The highest BCUT2D eigenvalue weighted by Crippen LogP contribution is 2.60. The van der Waals surface area contributed by atoms with Crippen LogP contribution in [0.25, 0.3) is 0 Å². The van der Waals surface area contributed by atoms with Gasteiger partial charge in [-0.05, 0) is 55.8 Å². The van der Waals surface area contributed by atoms with Crippen LogP contribution in [0.2, 0.25) is 0 Å². The molecule has 5 atom stereocenters. The third kappa shape index (κ3) is 3.93. The Morgan fingerprint density at radius 1 is 1.11 bits per heavy atom. The average Bonchev–Trinajstić information content (AvgIpc) is 3.45. The van der Waals surface area contributed by atoms with Crippen LogP contribution in [0.1, 0.15) is 55.0 Å². The monoisotopic (exact) mass is 520 g/mol. The Bertz CT molecular complexity index is 1340. The normalized spacial score (nSPS) is 27.2. The fraction of sp³-hybridized carbons (Fsp3) is 0.357. The molecule has 5 rings (SSSR count). The first kappa shape index (κ1) is 25.1. The predicted octanol–water partition coefficient (Wildman–Crippen LogP) is 5.25. The molecular formula is C28H28N2O6S. The van der Waals surface area contributed by atoms with E-state index in [1.54, 1.807) is 62.5 Å². The van der Waals surface area contributed by atoms with E-state index in [2.05, 4.69) is 0 Å².